The number of aryl methyl sites for hydroxylation is 1. The molecule has 11 nitrogen and oxygen atoms in total. The summed E-state index contributed by atoms with van der Waals surface area (Å²) in [4.78, 5) is 32.1. The van der Waals surface area contributed by atoms with Gasteiger partial charge in [-0.3, -0.25) is 10.6 Å². The van der Waals surface area contributed by atoms with Crippen molar-refractivity contribution in [2.75, 3.05) is 36.9 Å². The van der Waals surface area contributed by atoms with E-state index < -0.39 is 0 Å². The van der Waals surface area contributed by atoms with Gasteiger partial charge in [0.15, 0.2) is 0 Å². The number of aromatic nitrogens is 3. The monoisotopic (exact) mass is 637 g/mol. The van der Waals surface area contributed by atoms with Crippen LogP contribution >= 0.6 is 0 Å². The SMILES string of the molecule is Cc1ccc(-n2nc(C(C)(C)C)cc2NC(=O)NC2CC=C(OCc3ccnc(NC(=O)N4CCOCC4)c3)C3=C2CCC=C3)cc1. The fraction of sp³-hybridized carbons (Fsp3) is 0.389. The molecule has 246 valence electrons. The van der Waals surface area contributed by atoms with Crippen molar-refractivity contribution in [1.29, 1.82) is 0 Å². The average molecular weight is 638 g/mol. The van der Waals surface area contributed by atoms with Gasteiger partial charge in [0.25, 0.3) is 0 Å². The summed E-state index contributed by atoms with van der Waals surface area (Å²) in [7, 11) is 0. The molecule has 0 spiro atoms. The van der Waals surface area contributed by atoms with Crippen LogP contribution in [0.15, 0.2) is 83.8 Å². The molecule has 3 heterocycles. The molecule has 0 bridgehead atoms. The van der Waals surface area contributed by atoms with E-state index in [0.717, 1.165) is 52.3 Å². The summed E-state index contributed by atoms with van der Waals surface area (Å²) in [5.74, 6) is 1.88. The number of benzene rings is 1. The number of hydrogen-bond donors (Lipinski definition) is 3. The number of nitrogens with one attached hydrogen (secondary N) is 3. The van der Waals surface area contributed by atoms with Gasteiger partial charge >= 0.3 is 12.1 Å². The quantitative estimate of drug-likeness (QED) is 0.277. The highest BCUT2D eigenvalue weighted by Gasteiger charge is 2.28. The van der Waals surface area contributed by atoms with Gasteiger partial charge < -0.3 is 19.7 Å². The molecule has 11 heteroatoms. The molecule has 1 atom stereocenters. The molecule has 1 unspecified atom stereocenters. The number of amides is 4. The van der Waals surface area contributed by atoms with Crippen LogP contribution in [0, 0.1) is 6.92 Å². The number of carbonyl (C=O) groups is 2. The Morgan fingerprint density at radius 1 is 1.06 bits per heavy atom. The van der Waals surface area contributed by atoms with Crippen LogP contribution in [0.1, 0.15) is 56.9 Å². The lowest BCUT2D eigenvalue weighted by molar-refractivity contribution is 0.0564. The highest BCUT2D eigenvalue weighted by Crippen LogP contribution is 2.34. The first kappa shape index (κ1) is 32.1. The van der Waals surface area contributed by atoms with Gasteiger partial charge in [-0.25, -0.2) is 19.3 Å². The summed E-state index contributed by atoms with van der Waals surface area (Å²) in [6, 6.07) is 13.1. The Morgan fingerprint density at radius 3 is 2.62 bits per heavy atom. The van der Waals surface area contributed by atoms with Crippen molar-refractivity contribution in [1.82, 2.24) is 25.0 Å². The summed E-state index contributed by atoms with van der Waals surface area (Å²) >= 11 is 0. The van der Waals surface area contributed by atoms with E-state index in [2.05, 4.69) is 53.9 Å². The van der Waals surface area contributed by atoms with Crippen molar-refractivity contribution in [3.63, 3.8) is 0 Å². The van der Waals surface area contributed by atoms with Gasteiger partial charge in [-0.05, 0) is 67.7 Å². The van der Waals surface area contributed by atoms with Crippen LogP contribution in [0.25, 0.3) is 5.69 Å². The van der Waals surface area contributed by atoms with Gasteiger partial charge in [-0.1, -0.05) is 50.6 Å². The van der Waals surface area contributed by atoms with Crippen LogP contribution in [0.2, 0.25) is 0 Å². The number of rotatable bonds is 7. The van der Waals surface area contributed by atoms with Crippen molar-refractivity contribution in [2.45, 2.75) is 65.0 Å². The second-order valence-corrected chi connectivity index (χ2v) is 13.1. The zero-order chi connectivity index (χ0) is 33.0. The van der Waals surface area contributed by atoms with E-state index in [0.29, 0.717) is 51.0 Å². The Morgan fingerprint density at radius 2 is 1.85 bits per heavy atom. The minimum atomic E-state index is -0.286. The summed E-state index contributed by atoms with van der Waals surface area (Å²) in [5.41, 5.74) is 5.78. The molecule has 1 fully saturated rings. The highest BCUT2D eigenvalue weighted by atomic mass is 16.5. The number of morpholine rings is 1. The minimum Gasteiger partial charge on any atom is -0.489 e. The van der Waals surface area contributed by atoms with Gasteiger partial charge in [0.2, 0.25) is 0 Å². The summed E-state index contributed by atoms with van der Waals surface area (Å²) in [5, 5.41) is 14.0. The Balaban J connectivity index is 1.11. The average Bonchev–Trinajstić information content (AvgIpc) is 3.49. The topological polar surface area (TPSA) is 123 Å². The van der Waals surface area contributed by atoms with E-state index in [1.165, 1.54) is 0 Å². The van der Waals surface area contributed by atoms with Gasteiger partial charge in [0.05, 0.1) is 30.6 Å². The summed E-state index contributed by atoms with van der Waals surface area (Å²) in [6.07, 6.45) is 10.3. The lowest BCUT2D eigenvalue weighted by Crippen LogP contribution is -2.43. The lowest BCUT2D eigenvalue weighted by atomic mass is 9.85. The van der Waals surface area contributed by atoms with Gasteiger partial charge in [-0.2, -0.15) is 5.10 Å². The zero-order valence-electron chi connectivity index (χ0n) is 27.5. The van der Waals surface area contributed by atoms with Crippen molar-refractivity contribution >= 4 is 23.7 Å². The molecule has 2 aliphatic carbocycles. The molecule has 47 heavy (non-hydrogen) atoms. The van der Waals surface area contributed by atoms with E-state index in [-0.39, 0.29) is 23.5 Å². The molecule has 1 saturated heterocycles. The Labute approximate surface area is 275 Å². The van der Waals surface area contributed by atoms with Gasteiger partial charge in [0.1, 0.15) is 24.0 Å². The number of allylic oxidation sites excluding steroid dienone is 2. The smallest absolute Gasteiger partial charge is 0.323 e. The predicted octanol–water partition coefficient (Wildman–Crippen LogP) is 6.38. The number of nitrogens with zero attached hydrogens (tertiary/aromatic N) is 4. The van der Waals surface area contributed by atoms with Gasteiger partial charge in [0, 0.05) is 36.3 Å². The van der Waals surface area contributed by atoms with Crippen molar-refractivity contribution in [2.24, 2.45) is 0 Å². The Bertz CT molecular complexity index is 1710. The molecule has 3 N–H and O–H groups in total. The molecular weight excluding hydrogens is 594 g/mol. The number of ether oxygens (including phenoxy) is 2. The second kappa shape index (κ2) is 13.8. The molecular formula is C36H43N7O4. The van der Waals surface area contributed by atoms with Crippen LogP contribution in [-0.4, -0.2) is 64.1 Å². The normalized spacial score (nSPS) is 17.9. The number of hydrogen-bond acceptors (Lipinski definition) is 6. The molecule has 1 aromatic carbocycles. The maximum absolute atomic E-state index is 13.5. The van der Waals surface area contributed by atoms with E-state index in [9.17, 15) is 9.59 Å². The fourth-order valence-corrected chi connectivity index (χ4v) is 5.82. The molecule has 4 amide bonds. The maximum atomic E-state index is 13.5. The highest BCUT2D eigenvalue weighted by molar-refractivity contribution is 5.89. The summed E-state index contributed by atoms with van der Waals surface area (Å²) < 4.78 is 13.4. The third kappa shape index (κ3) is 7.74. The van der Waals surface area contributed by atoms with E-state index in [1.54, 1.807) is 15.8 Å². The summed E-state index contributed by atoms with van der Waals surface area (Å²) in [6.45, 7) is 10.9. The number of carbonyl (C=O) groups excluding carboxylic acids is 2. The molecule has 3 aliphatic rings. The largest absolute Gasteiger partial charge is 0.489 e. The van der Waals surface area contributed by atoms with E-state index in [4.69, 9.17) is 14.6 Å². The first-order valence-corrected chi connectivity index (χ1v) is 16.2. The number of anilines is 2. The van der Waals surface area contributed by atoms with Crippen LogP contribution in [-0.2, 0) is 21.5 Å². The standard InChI is InChI=1S/C36H43N7O4/c1-24-9-11-26(12-10-24)43-33(22-31(41-43)36(2,3)4)40-34(44)38-29-13-14-30(28-8-6-5-7-27(28)29)47-23-25-15-16-37-32(21-25)39-35(45)42-17-19-46-20-18-42/h6,8-12,14-16,21-22,29H,5,7,13,17-20,23H2,1-4H3,(H,37,39,45)(H2,38,40,44). The minimum absolute atomic E-state index is 0.164. The van der Waals surface area contributed by atoms with Crippen molar-refractivity contribution in [3.05, 3.63) is 101 Å². The fourth-order valence-electron chi connectivity index (χ4n) is 5.82. The first-order valence-electron chi connectivity index (χ1n) is 16.2. The number of pyridine rings is 1. The molecule has 6 rings (SSSR count). The third-order valence-corrected chi connectivity index (χ3v) is 8.49. The van der Waals surface area contributed by atoms with Crippen molar-refractivity contribution < 1.29 is 19.1 Å². The lowest BCUT2D eigenvalue weighted by Gasteiger charge is -2.30. The number of urea groups is 2. The van der Waals surface area contributed by atoms with Crippen LogP contribution in [0.5, 0.6) is 0 Å². The van der Waals surface area contributed by atoms with Crippen LogP contribution in [0.3, 0.4) is 0 Å². The zero-order valence-corrected chi connectivity index (χ0v) is 27.5. The maximum Gasteiger partial charge on any atom is 0.323 e. The molecule has 1 aliphatic heterocycles. The van der Waals surface area contributed by atoms with Gasteiger partial charge in [-0.15, -0.1) is 0 Å². The van der Waals surface area contributed by atoms with E-state index >= 15 is 0 Å². The third-order valence-electron chi connectivity index (χ3n) is 8.49. The molecule has 0 saturated carbocycles. The van der Waals surface area contributed by atoms with Crippen molar-refractivity contribution in [3.8, 4) is 5.69 Å². The van der Waals surface area contributed by atoms with Crippen LogP contribution < -0.4 is 16.0 Å². The Hall–Kier alpha value is -4.90. The first-order chi connectivity index (χ1) is 22.6. The molecule has 3 aromatic rings. The molecule has 2 aromatic heterocycles. The Kier molecular flexibility index (Phi) is 9.44. The molecule has 0 radical (unpaired) electrons. The van der Waals surface area contributed by atoms with Crippen LogP contribution in [0.4, 0.5) is 21.2 Å². The second-order valence-electron chi connectivity index (χ2n) is 13.1. The predicted molar refractivity (Wildman–Crippen MR) is 181 cm³/mol. The van der Waals surface area contributed by atoms with E-state index in [1.807, 2.05) is 55.5 Å².